The molecule has 0 radical (unpaired) electrons. The van der Waals surface area contributed by atoms with Gasteiger partial charge in [0.1, 0.15) is 11.5 Å². The smallest absolute Gasteiger partial charge is 0.138 e. The van der Waals surface area contributed by atoms with Crippen molar-refractivity contribution in [2.45, 2.75) is 25.4 Å². The molecule has 1 saturated carbocycles. The summed E-state index contributed by atoms with van der Waals surface area (Å²) >= 11 is 0. The third-order valence-electron chi connectivity index (χ3n) is 7.10. The predicted molar refractivity (Wildman–Crippen MR) is 124 cm³/mol. The van der Waals surface area contributed by atoms with Gasteiger partial charge in [0.25, 0.3) is 0 Å². The fourth-order valence-electron chi connectivity index (χ4n) is 5.19. The Morgan fingerprint density at radius 2 is 1.94 bits per heavy atom. The average molecular weight is 436 g/mol. The third kappa shape index (κ3) is 4.14. The summed E-state index contributed by atoms with van der Waals surface area (Å²) in [7, 11) is 1.99. The van der Waals surface area contributed by atoms with Crippen molar-refractivity contribution in [1.82, 2.24) is 29.0 Å². The number of anilines is 1. The van der Waals surface area contributed by atoms with Crippen molar-refractivity contribution in [2.24, 2.45) is 13.0 Å². The zero-order valence-electron chi connectivity index (χ0n) is 18.9. The molecule has 8 nitrogen and oxygen atoms in total. The van der Waals surface area contributed by atoms with Crippen LogP contribution in [-0.4, -0.2) is 81.4 Å². The van der Waals surface area contributed by atoms with Gasteiger partial charge < -0.3 is 9.64 Å². The maximum absolute atomic E-state index is 5.57. The highest BCUT2D eigenvalue weighted by Gasteiger charge is 2.34. The van der Waals surface area contributed by atoms with Gasteiger partial charge in [0.05, 0.1) is 31.1 Å². The summed E-state index contributed by atoms with van der Waals surface area (Å²) in [4.78, 5) is 12.8. The van der Waals surface area contributed by atoms with E-state index in [2.05, 4.69) is 54.8 Å². The molecule has 2 saturated heterocycles. The molecular weight excluding hydrogens is 402 g/mol. The van der Waals surface area contributed by atoms with Crippen molar-refractivity contribution in [3.8, 4) is 0 Å². The molecule has 1 aliphatic carbocycles. The van der Waals surface area contributed by atoms with E-state index in [0.717, 1.165) is 64.0 Å². The van der Waals surface area contributed by atoms with E-state index in [4.69, 9.17) is 9.72 Å². The predicted octanol–water partition coefficient (Wildman–Crippen LogP) is 2.17. The van der Waals surface area contributed by atoms with Gasteiger partial charge in [-0.15, -0.1) is 0 Å². The number of ether oxygens (including phenoxy) is 1. The van der Waals surface area contributed by atoms with Crippen LogP contribution in [-0.2, 0) is 18.3 Å². The number of pyridine rings is 1. The highest BCUT2D eigenvalue weighted by Crippen LogP contribution is 2.35. The number of piperazine rings is 1. The second-order valence-corrected chi connectivity index (χ2v) is 9.59. The molecule has 3 aliphatic rings. The van der Waals surface area contributed by atoms with Gasteiger partial charge in [-0.25, -0.2) is 4.98 Å². The second-order valence-electron chi connectivity index (χ2n) is 9.59. The van der Waals surface area contributed by atoms with Gasteiger partial charge >= 0.3 is 0 Å². The van der Waals surface area contributed by atoms with E-state index in [-0.39, 0.29) is 0 Å². The lowest BCUT2D eigenvalue weighted by Gasteiger charge is -2.40. The zero-order chi connectivity index (χ0) is 21.5. The maximum atomic E-state index is 5.57. The molecule has 0 N–H and O–H groups in total. The van der Waals surface area contributed by atoms with Crippen molar-refractivity contribution >= 4 is 11.5 Å². The topological polar surface area (TPSA) is 54.1 Å². The highest BCUT2D eigenvalue weighted by atomic mass is 16.5. The van der Waals surface area contributed by atoms with Gasteiger partial charge in [-0.2, -0.15) is 5.10 Å². The molecule has 0 aromatic carbocycles. The maximum Gasteiger partial charge on any atom is 0.138 e. The zero-order valence-corrected chi connectivity index (χ0v) is 18.9. The van der Waals surface area contributed by atoms with Gasteiger partial charge in [0, 0.05) is 70.8 Å². The Hall–Kier alpha value is -2.42. The lowest BCUT2D eigenvalue weighted by Crippen LogP contribution is -2.48. The minimum absolute atomic E-state index is 0.332. The van der Waals surface area contributed by atoms with E-state index in [1.165, 1.54) is 36.5 Å². The molecule has 3 aromatic heterocycles. The summed E-state index contributed by atoms with van der Waals surface area (Å²) < 4.78 is 9.75. The van der Waals surface area contributed by atoms with E-state index in [0.29, 0.717) is 6.04 Å². The molecule has 3 fully saturated rings. The molecule has 2 aliphatic heterocycles. The van der Waals surface area contributed by atoms with E-state index in [9.17, 15) is 0 Å². The fraction of sp³-hybridized carbons (Fsp3) is 0.583. The Balaban J connectivity index is 1.28. The summed E-state index contributed by atoms with van der Waals surface area (Å²) in [6.45, 7) is 8.82. The van der Waals surface area contributed by atoms with Gasteiger partial charge in [-0.05, 0) is 30.9 Å². The molecule has 8 heteroatoms. The summed E-state index contributed by atoms with van der Waals surface area (Å²) in [5.74, 6) is 2.10. The Bertz CT molecular complexity index is 1070. The SMILES string of the molecule is Cn1cc(CN2CCN(CC3CC3)[C@@H](c3cn4c(N5CCOCC5)cccc4n3)C2)cn1. The van der Waals surface area contributed by atoms with Crippen LogP contribution in [0, 0.1) is 5.92 Å². The van der Waals surface area contributed by atoms with Crippen molar-refractivity contribution in [3.05, 3.63) is 48.0 Å². The van der Waals surface area contributed by atoms with Crippen LogP contribution < -0.4 is 4.90 Å². The van der Waals surface area contributed by atoms with Crippen LogP contribution in [0.25, 0.3) is 5.65 Å². The number of nitrogens with zero attached hydrogens (tertiary/aromatic N) is 7. The number of aromatic nitrogens is 4. The fourth-order valence-corrected chi connectivity index (χ4v) is 5.19. The Morgan fingerprint density at radius 3 is 2.72 bits per heavy atom. The summed E-state index contributed by atoms with van der Waals surface area (Å²) in [5, 5.41) is 4.36. The lowest BCUT2D eigenvalue weighted by molar-refractivity contribution is 0.0640. The number of morpholine rings is 1. The molecular formula is C24H33N7O. The molecule has 1 atom stereocenters. The van der Waals surface area contributed by atoms with Crippen LogP contribution in [0.4, 0.5) is 5.82 Å². The van der Waals surface area contributed by atoms with E-state index in [1.54, 1.807) is 0 Å². The first-order valence-corrected chi connectivity index (χ1v) is 12.0. The quantitative estimate of drug-likeness (QED) is 0.592. The molecule has 170 valence electrons. The number of hydrogen-bond acceptors (Lipinski definition) is 6. The van der Waals surface area contributed by atoms with Gasteiger partial charge in [0.2, 0.25) is 0 Å². The van der Waals surface area contributed by atoms with Gasteiger partial charge in [0.15, 0.2) is 0 Å². The number of aryl methyl sites for hydroxylation is 1. The number of rotatable bonds is 6. The summed E-state index contributed by atoms with van der Waals surface area (Å²) in [5.41, 5.74) is 3.52. The molecule has 0 spiro atoms. The third-order valence-corrected chi connectivity index (χ3v) is 7.10. The Labute approximate surface area is 189 Å². The molecule has 3 aromatic rings. The number of imidazole rings is 1. The van der Waals surface area contributed by atoms with Gasteiger partial charge in [-0.1, -0.05) is 6.07 Å². The molecule has 32 heavy (non-hydrogen) atoms. The molecule has 5 heterocycles. The number of hydrogen-bond donors (Lipinski definition) is 0. The van der Waals surface area contributed by atoms with Crippen LogP contribution >= 0.6 is 0 Å². The first kappa shape index (κ1) is 20.2. The highest BCUT2D eigenvalue weighted by molar-refractivity contribution is 5.53. The Morgan fingerprint density at radius 1 is 1.06 bits per heavy atom. The normalized spacial score (nSPS) is 23.3. The van der Waals surface area contributed by atoms with Crippen molar-refractivity contribution < 1.29 is 4.74 Å². The molecule has 0 unspecified atom stereocenters. The lowest BCUT2D eigenvalue weighted by atomic mass is 10.1. The molecule has 6 rings (SSSR count). The van der Waals surface area contributed by atoms with E-state index in [1.807, 2.05) is 17.9 Å². The van der Waals surface area contributed by atoms with Crippen molar-refractivity contribution in [1.29, 1.82) is 0 Å². The second kappa shape index (κ2) is 8.50. The Kier molecular flexibility index (Phi) is 5.37. The minimum atomic E-state index is 0.332. The van der Waals surface area contributed by atoms with Crippen molar-refractivity contribution in [3.63, 3.8) is 0 Å². The van der Waals surface area contributed by atoms with Crippen LogP contribution in [0.1, 0.15) is 30.1 Å². The van der Waals surface area contributed by atoms with E-state index >= 15 is 0 Å². The van der Waals surface area contributed by atoms with Crippen LogP contribution in [0.15, 0.2) is 36.8 Å². The van der Waals surface area contributed by atoms with Crippen LogP contribution in [0.3, 0.4) is 0 Å². The number of fused-ring (bicyclic) bond motifs is 1. The first-order chi connectivity index (χ1) is 15.7. The largest absolute Gasteiger partial charge is 0.378 e. The average Bonchev–Trinajstić information content (AvgIpc) is 3.37. The monoisotopic (exact) mass is 435 g/mol. The summed E-state index contributed by atoms with van der Waals surface area (Å²) in [6.07, 6.45) is 9.18. The first-order valence-electron chi connectivity index (χ1n) is 12.0. The standard InChI is InChI=1S/C24H33N7O/c1-27-14-20(13-25-27)15-28-7-8-30(16-19-5-6-19)22(18-28)21-17-31-23(26-21)3-2-4-24(31)29-9-11-32-12-10-29/h2-4,13-14,17,19,22H,5-12,15-16,18H2,1H3/t22-/m1/s1. The minimum Gasteiger partial charge on any atom is -0.378 e. The van der Waals surface area contributed by atoms with Crippen LogP contribution in [0.5, 0.6) is 0 Å². The van der Waals surface area contributed by atoms with E-state index < -0.39 is 0 Å². The summed E-state index contributed by atoms with van der Waals surface area (Å²) in [6, 6.07) is 6.81. The van der Waals surface area contributed by atoms with Gasteiger partial charge in [-0.3, -0.25) is 18.9 Å². The van der Waals surface area contributed by atoms with Crippen LogP contribution in [0.2, 0.25) is 0 Å². The van der Waals surface area contributed by atoms with Crippen molar-refractivity contribution in [2.75, 3.05) is 57.4 Å². The molecule has 0 amide bonds. The molecule has 0 bridgehead atoms.